The van der Waals surface area contributed by atoms with Crippen LogP contribution in [0.2, 0.25) is 15.1 Å². The molecule has 150 valence electrons. The molecule has 1 aliphatic rings. The molecule has 9 heteroatoms. The number of benzene rings is 2. The van der Waals surface area contributed by atoms with Crippen LogP contribution in [0.25, 0.3) is 0 Å². The molecule has 0 unspecified atom stereocenters. The lowest BCUT2D eigenvalue weighted by Gasteiger charge is -2.29. The molecule has 1 heterocycles. The lowest BCUT2D eigenvalue weighted by atomic mass is 10.1. The van der Waals surface area contributed by atoms with E-state index in [0.29, 0.717) is 38.4 Å². The molecule has 3 rings (SSSR count). The van der Waals surface area contributed by atoms with Gasteiger partial charge in [0, 0.05) is 28.2 Å². The highest BCUT2D eigenvalue weighted by Gasteiger charge is 2.35. The van der Waals surface area contributed by atoms with Crippen LogP contribution in [0.1, 0.15) is 22.3 Å². The van der Waals surface area contributed by atoms with Crippen molar-refractivity contribution < 1.29 is 17.9 Å². The number of ether oxygens (including phenoxy) is 1. The lowest BCUT2D eigenvalue weighted by Crippen LogP contribution is -2.40. The highest BCUT2D eigenvalue weighted by Crippen LogP contribution is 2.29. The molecule has 1 fully saturated rings. The summed E-state index contributed by atoms with van der Waals surface area (Å²) in [5.74, 6) is 0.110. The van der Waals surface area contributed by atoms with Gasteiger partial charge in [0.15, 0.2) is 9.84 Å². The fraction of sp³-hybridized carbons (Fsp3) is 0.316. The van der Waals surface area contributed by atoms with E-state index in [2.05, 4.69) is 0 Å². The topological polar surface area (TPSA) is 63.7 Å². The number of amides is 1. The second-order valence-corrected chi connectivity index (χ2v) is 10.1. The van der Waals surface area contributed by atoms with Gasteiger partial charge in [-0.05, 0) is 42.3 Å². The highest BCUT2D eigenvalue weighted by molar-refractivity contribution is 7.91. The summed E-state index contributed by atoms with van der Waals surface area (Å²) in [7, 11) is -1.69. The maximum atomic E-state index is 13.2. The lowest BCUT2D eigenvalue weighted by molar-refractivity contribution is 0.0681. The molecule has 2 aromatic carbocycles. The molecule has 2 aromatic rings. The van der Waals surface area contributed by atoms with Crippen LogP contribution in [0.4, 0.5) is 0 Å². The monoisotopic (exact) mass is 461 g/mol. The van der Waals surface area contributed by atoms with Crippen molar-refractivity contribution in [1.29, 1.82) is 0 Å². The Hall–Kier alpha value is -1.47. The minimum Gasteiger partial charge on any atom is -0.495 e. The van der Waals surface area contributed by atoms with Crippen molar-refractivity contribution in [3.8, 4) is 5.75 Å². The first-order valence-corrected chi connectivity index (χ1v) is 11.4. The quantitative estimate of drug-likeness (QED) is 0.657. The summed E-state index contributed by atoms with van der Waals surface area (Å²) >= 11 is 18.4. The van der Waals surface area contributed by atoms with Gasteiger partial charge < -0.3 is 9.64 Å². The zero-order valence-electron chi connectivity index (χ0n) is 15.0. The maximum absolute atomic E-state index is 13.2. The number of carbonyl (C=O) groups excluding carboxylic acids is 1. The Morgan fingerprint density at radius 1 is 1.14 bits per heavy atom. The van der Waals surface area contributed by atoms with Crippen molar-refractivity contribution in [3.05, 3.63) is 62.6 Å². The van der Waals surface area contributed by atoms with Gasteiger partial charge in [-0.15, -0.1) is 0 Å². The summed E-state index contributed by atoms with van der Waals surface area (Å²) in [5.41, 5.74) is 1.03. The summed E-state index contributed by atoms with van der Waals surface area (Å²) in [6.07, 6.45) is 0.378. The molecule has 5 nitrogen and oxygen atoms in total. The first-order valence-electron chi connectivity index (χ1n) is 8.49. The molecule has 0 spiro atoms. The molecule has 0 aromatic heterocycles. The van der Waals surface area contributed by atoms with E-state index in [1.54, 1.807) is 30.3 Å². The summed E-state index contributed by atoms with van der Waals surface area (Å²) in [5, 5.41) is 1.20. The first kappa shape index (κ1) is 21.2. The number of halogens is 3. The Balaban J connectivity index is 1.95. The minimum absolute atomic E-state index is 0.0547. The Morgan fingerprint density at radius 2 is 1.89 bits per heavy atom. The van der Waals surface area contributed by atoms with Crippen LogP contribution in [-0.2, 0) is 16.4 Å². The van der Waals surface area contributed by atoms with E-state index >= 15 is 0 Å². The number of hydrogen-bond donors (Lipinski definition) is 0. The largest absolute Gasteiger partial charge is 0.495 e. The Morgan fingerprint density at radius 3 is 2.46 bits per heavy atom. The molecule has 28 heavy (non-hydrogen) atoms. The smallest absolute Gasteiger partial charge is 0.254 e. The van der Waals surface area contributed by atoms with E-state index in [4.69, 9.17) is 39.5 Å². The second kappa shape index (κ2) is 8.49. The van der Waals surface area contributed by atoms with Gasteiger partial charge in [0.2, 0.25) is 0 Å². The molecule has 1 amide bonds. The van der Waals surface area contributed by atoms with Crippen molar-refractivity contribution >= 4 is 50.5 Å². The van der Waals surface area contributed by atoms with Crippen molar-refractivity contribution in [2.75, 3.05) is 18.6 Å². The Labute approximate surface area is 179 Å². The maximum Gasteiger partial charge on any atom is 0.254 e. The molecule has 0 saturated carbocycles. The molecular formula is C19H18Cl3NO4S. The normalized spacial score (nSPS) is 18.1. The third kappa shape index (κ3) is 4.74. The SMILES string of the molecule is COc1ccc(C(=O)N(Cc2ccc(Cl)cc2Cl)[C@H]2CCS(=O)(=O)C2)cc1Cl. The summed E-state index contributed by atoms with van der Waals surface area (Å²) in [6.45, 7) is 0.165. The molecule has 1 saturated heterocycles. The van der Waals surface area contributed by atoms with Gasteiger partial charge in [0.05, 0.1) is 23.6 Å². The van der Waals surface area contributed by atoms with Gasteiger partial charge in [-0.25, -0.2) is 8.42 Å². The first-order chi connectivity index (χ1) is 13.2. The molecule has 1 atom stereocenters. The zero-order valence-corrected chi connectivity index (χ0v) is 18.1. The number of methoxy groups -OCH3 is 1. The van der Waals surface area contributed by atoms with Crippen molar-refractivity contribution in [2.45, 2.75) is 19.0 Å². The van der Waals surface area contributed by atoms with E-state index in [0.717, 1.165) is 0 Å². The van der Waals surface area contributed by atoms with Gasteiger partial charge >= 0.3 is 0 Å². The third-order valence-corrected chi connectivity index (χ3v) is 7.30. The molecular weight excluding hydrogens is 445 g/mol. The van der Waals surface area contributed by atoms with E-state index in [1.165, 1.54) is 18.1 Å². The predicted molar refractivity (Wildman–Crippen MR) is 111 cm³/mol. The van der Waals surface area contributed by atoms with Crippen molar-refractivity contribution in [3.63, 3.8) is 0 Å². The average Bonchev–Trinajstić information content (AvgIpc) is 3.00. The number of nitrogens with zero attached hydrogens (tertiary/aromatic N) is 1. The van der Waals surface area contributed by atoms with Gasteiger partial charge in [-0.3, -0.25) is 4.79 Å². The van der Waals surface area contributed by atoms with Crippen LogP contribution >= 0.6 is 34.8 Å². The number of hydrogen-bond acceptors (Lipinski definition) is 4. The average molecular weight is 463 g/mol. The van der Waals surface area contributed by atoms with Crippen LogP contribution in [-0.4, -0.2) is 43.9 Å². The van der Waals surface area contributed by atoms with Crippen LogP contribution in [0.3, 0.4) is 0 Å². The van der Waals surface area contributed by atoms with Crippen molar-refractivity contribution in [1.82, 2.24) is 4.90 Å². The third-order valence-electron chi connectivity index (χ3n) is 4.66. The second-order valence-electron chi connectivity index (χ2n) is 6.57. The van der Waals surface area contributed by atoms with Crippen LogP contribution in [0.5, 0.6) is 5.75 Å². The molecule has 0 bridgehead atoms. The van der Waals surface area contributed by atoms with E-state index < -0.39 is 15.9 Å². The van der Waals surface area contributed by atoms with E-state index in [1.807, 2.05) is 0 Å². The summed E-state index contributed by atoms with van der Waals surface area (Å²) in [4.78, 5) is 14.8. The Bertz CT molecular complexity index is 1010. The van der Waals surface area contributed by atoms with Gasteiger partial charge in [-0.2, -0.15) is 0 Å². The predicted octanol–water partition coefficient (Wildman–Crippen LogP) is 4.48. The van der Waals surface area contributed by atoms with Crippen LogP contribution in [0.15, 0.2) is 36.4 Å². The molecule has 0 radical (unpaired) electrons. The molecule has 0 aliphatic carbocycles. The van der Waals surface area contributed by atoms with Gasteiger partial charge in [-0.1, -0.05) is 40.9 Å². The highest BCUT2D eigenvalue weighted by atomic mass is 35.5. The standard InChI is InChI=1S/C19H18Cl3NO4S/c1-27-18-5-3-12(8-17(18)22)19(24)23(15-6-7-28(25,26)11-15)10-13-2-4-14(20)9-16(13)21/h2-5,8-9,15H,6-7,10-11H2,1H3/t15-/m0/s1. The van der Waals surface area contributed by atoms with E-state index in [-0.39, 0.29) is 24.0 Å². The number of carbonyl (C=O) groups is 1. The summed E-state index contributed by atoms with van der Waals surface area (Å²) < 4.78 is 29.1. The molecule has 0 N–H and O–H groups in total. The zero-order chi connectivity index (χ0) is 20.5. The fourth-order valence-corrected chi connectivity index (χ4v) is 5.64. The number of rotatable bonds is 5. The summed E-state index contributed by atoms with van der Waals surface area (Å²) in [6, 6.07) is 9.29. The van der Waals surface area contributed by atoms with Crippen molar-refractivity contribution in [2.24, 2.45) is 0 Å². The van der Waals surface area contributed by atoms with Crippen LogP contribution in [0, 0.1) is 0 Å². The van der Waals surface area contributed by atoms with Crippen LogP contribution < -0.4 is 4.74 Å². The Kier molecular flexibility index (Phi) is 6.44. The molecule has 1 aliphatic heterocycles. The van der Waals surface area contributed by atoms with E-state index in [9.17, 15) is 13.2 Å². The minimum atomic E-state index is -3.18. The number of sulfone groups is 1. The fourth-order valence-electron chi connectivity index (χ4n) is 3.19. The van der Waals surface area contributed by atoms with Gasteiger partial charge in [0.25, 0.3) is 5.91 Å². The van der Waals surface area contributed by atoms with Gasteiger partial charge in [0.1, 0.15) is 5.75 Å².